The maximum Gasteiger partial charge on any atom is 0.275 e. The number of hydrogen-bond donors (Lipinski definition) is 1. The molecule has 0 atom stereocenters. The van der Waals surface area contributed by atoms with Gasteiger partial charge in [0.05, 0.1) is 13.2 Å². The highest BCUT2D eigenvalue weighted by atomic mass is 16.5. The number of ether oxygens (including phenoxy) is 2. The number of carbonyl (C=O) groups is 1. The Balaban J connectivity index is 1.47. The van der Waals surface area contributed by atoms with Crippen molar-refractivity contribution in [1.82, 2.24) is 5.32 Å². The monoisotopic (exact) mass is 362 g/mol. The Labute approximate surface area is 158 Å². The first-order chi connectivity index (χ1) is 13.2. The van der Waals surface area contributed by atoms with E-state index in [4.69, 9.17) is 9.47 Å². The first kappa shape index (κ1) is 17.3. The summed E-state index contributed by atoms with van der Waals surface area (Å²) < 4.78 is 11.3. The van der Waals surface area contributed by atoms with Crippen LogP contribution < -0.4 is 14.8 Å². The van der Waals surface area contributed by atoms with Crippen molar-refractivity contribution >= 4 is 17.8 Å². The van der Waals surface area contributed by atoms with Gasteiger partial charge >= 0.3 is 0 Å². The molecule has 5 heteroatoms. The number of fused-ring (bicyclic) bond motifs is 1. The van der Waals surface area contributed by atoms with Crippen LogP contribution in [0.2, 0.25) is 0 Å². The van der Waals surface area contributed by atoms with Crippen molar-refractivity contribution in [2.24, 2.45) is 4.99 Å². The second-order valence-electron chi connectivity index (χ2n) is 6.78. The molecule has 0 spiro atoms. The summed E-state index contributed by atoms with van der Waals surface area (Å²) in [7, 11) is 0. The van der Waals surface area contributed by atoms with Gasteiger partial charge in [-0.1, -0.05) is 35.9 Å². The molecular formula is C22H22N2O3. The quantitative estimate of drug-likeness (QED) is 0.845. The molecule has 1 amide bonds. The lowest BCUT2D eigenvalue weighted by Gasteiger charge is -2.07. The molecule has 0 bridgehead atoms. The van der Waals surface area contributed by atoms with E-state index < -0.39 is 0 Å². The molecule has 1 N–H and O–H groups in total. The number of amidine groups is 1. The molecule has 27 heavy (non-hydrogen) atoms. The van der Waals surface area contributed by atoms with Crippen molar-refractivity contribution in [3.05, 3.63) is 64.9 Å². The van der Waals surface area contributed by atoms with Gasteiger partial charge in [-0.25, -0.2) is 4.99 Å². The number of benzene rings is 2. The van der Waals surface area contributed by atoms with Crippen LogP contribution in [0.15, 0.2) is 53.2 Å². The van der Waals surface area contributed by atoms with E-state index in [2.05, 4.69) is 41.5 Å². The fourth-order valence-corrected chi connectivity index (χ4v) is 3.08. The van der Waals surface area contributed by atoms with E-state index in [1.54, 1.807) is 6.08 Å². The lowest BCUT2D eigenvalue weighted by molar-refractivity contribution is -0.115. The topological polar surface area (TPSA) is 59.9 Å². The second kappa shape index (κ2) is 7.66. The zero-order valence-corrected chi connectivity index (χ0v) is 15.3. The van der Waals surface area contributed by atoms with Crippen LogP contribution in [-0.2, 0) is 11.2 Å². The zero-order valence-electron chi connectivity index (χ0n) is 15.3. The molecule has 2 aliphatic heterocycles. The van der Waals surface area contributed by atoms with E-state index in [1.807, 2.05) is 18.2 Å². The third-order valence-electron chi connectivity index (χ3n) is 4.59. The van der Waals surface area contributed by atoms with Crippen molar-refractivity contribution in [2.75, 3.05) is 13.2 Å². The predicted octanol–water partition coefficient (Wildman–Crippen LogP) is 3.66. The highest BCUT2D eigenvalue weighted by molar-refractivity contribution is 6.14. The second-order valence-corrected chi connectivity index (χ2v) is 6.78. The Bertz CT molecular complexity index is 914. The van der Waals surface area contributed by atoms with E-state index in [-0.39, 0.29) is 5.91 Å². The standard InChI is InChI=1S/C22H22N2O3/c1-15-3-5-16(6-4-15)8-10-21-23-18(22(25)24-21)13-17-7-9-19-20(14-17)27-12-2-11-26-19/h3-7,9,13-14H,2,8,10-12H2,1H3,(H,23,24,25)/b18-13+. The number of aryl methyl sites for hydroxylation is 2. The lowest BCUT2D eigenvalue weighted by Crippen LogP contribution is -2.24. The first-order valence-corrected chi connectivity index (χ1v) is 9.23. The van der Waals surface area contributed by atoms with Gasteiger partial charge in [-0.2, -0.15) is 0 Å². The Morgan fingerprint density at radius 3 is 2.63 bits per heavy atom. The number of amides is 1. The summed E-state index contributed by atoms with van der Waals surface area (Å²) in [6, 6.07) is 14.1. The van der Waals surface area contributed by atoms with Crippen molar-refractivity contribution in [3.63, 3.8) is 0 Å². The molecule has 0 unspecified atom stereocenters. The smallest absolute Gasteiger partial charge is 0.275 e. The van der Waals surface area contributed by atoms with Gasteiger partial charge in [-0.05, 0) is 42.7 Å². The minimum atomic E-state index is -0.166. The van der Waals surface area contributed by atoms with Gasteiger partial charge in [0, 0.05) is 12.8 Å². The summed E-state index contributed by atoms with van der Waals surface area (Å²) in [6.07, 6.45) is 4.19. The van der Waals surface area contributed by atoms with Crippen molar-refractivity contribution in [2.45, 2.75) is 26.2 Å². The summed E-state index contributed by atoms with van der Waals surface area (Å²) >= 11 is 0. The third kappa shape index (κ3) is 4.19. The minimum Gasteiger partial charge on any atom is -0.490 e. The first-order valence-electron chi connectivity index (χ1n) is 9.23. The van der Waals surface area contributed by atoms with Crippen molar-refractivity contribution in [1.29, 1.82) is 0 Å². The molecule has 4 rings (SSSR count). The average Bonchev–Trinajstić information content (AvgIpc) is 2.87. The van der Waals surface area contributed by atoms with E-state index in [0.717, 1.165) is 24.2 Å². The highest BCUT2D eigenvalue weighted by Crippen LogP contribution is 2.31. The van der Waals surface area contributed by atoms with Gasteiger partial charge in [0.1, 0.15) is 11.5 Å². The maximum atomic E-state index is 12.2. The Morgan fingerprint density at radius 1 is 1.04 bits per heavy atom. The molecule has 0 fully saturated rings. The van der Waals surface area contributed by atoms with Crippen molar-refractivity contribution in [3.8, 4) is 11.5 Å². The molecule has 2 heterocycles. The molecule has 138 valence electrons. The Hall–Kier alpha value is -3.08. The number of nitrogens with zero attached hydrogens (tertiary/aromatic N) is 1. The molecule has 0 aromatic heterocycles. The summed E-state index contributed by atoms with van der Waals surface area (Å²) in [6.45, 7) is 3.36. The molecule has 5 nitrogen and oxygen atoms in total. The van der Waals surface area contributed by atoms with E-state index in [9.17, 15) is 4.79 Å². The molecule has 2 aliphatic rings. The summed E-state index contributed by atoms with van der Waals surface area (Å²) in [5, 5.41) is 2.86. The van der Waals surface area contributed by atoms with Crippen LogP contribution in [0.25, 0.3) is 6.08 Å². The Morgan fingerprint density at radius 2 is 1.81 bits per heavy atom. The third-order valence-corrected chi connectivity index (χ3v) is 4.59. The number of rotatable bonds is 4. The normalized spacial score (nSPS) is 17.4. The van der Waals surface area contributed by atoms with Gasteiger partial charge in [0.25, 0.3) is 5.91 Å². The minimum absolute atomic E-state index is 0.166. The van der Waals surface area contributed by atoms with Gasteiger partial charge in [0.15, 0.2) is 11.5 Å². The largest absolute Gasteiger partial charge is 0.490 e. The molecule has 2 aromatic carbocycles. The SMILES string of the molecule is Cc1ccc(CCC2=N/C(=C/c3ccc4c(c3)OCCCO4)C(=O)N2)cc1. The number of nitrogens with one attached hydrogen (secondary N) is 1. The van der Waals surface area contributed by atoms with Gasteiger partial charge in [0.2, 0.25) is 0 Å². The van der Waals surface area contributed by atoms with Crippen LogP contribution in [0, 0.1) is 6.92 Å². The van der Waals surface area contributed by atoms with Gasteiger partial charge in [-0.15, -0.1) is 0 Å². The van der Waals surface area contributed by atoms with E-state index in [0.29, 0.717) is 36.9 Å². The molecule has 0 radical (unpaired) electrons. The molecule has 0 saturated carbocycles. The van der Waals surface area contributed by atoms with Crippen molar-refractivity contribution < 1.29 is 14.3 Å². The van der Waals surface area contributed by atoms with Gasteiger partial charge in [-0.3, -0.25) is 4.79 Å². The lowest BCUT2D eigenvalue weighted by atomic mass is 10.1. The number of aliphatic imine (C=N–C) groups is 1. The summed E-state index contributed by atoms with van der Waals surface area (Å²) in [5.41, 5.74) is 3.76. The highest BCUT2D eigenvalue weighted by Gasteiger charge is 2.20. The van der Waals surface area contributed by atoms with Gasteiger partial charge < -0.3 is 14.8 Å². The molecule has 2 aromatic rings. The maximum absolute atomic E-state index is 12.2. The molecule has 0 aliphatic carbocycles. The predicted molar refractivity (Wildman–Crippen MR) is 105 cm³/mol. The zero-order chi connectivity index (χ0) is 18.6. The summed E-state index contributed by atoms with van der Waals surface area (Å²) in [4.78, 5) is 16.7. The van der Waals surface area contributed by atoms with Crippen LogP contribution in [0.3, 0.4) is 0 Å². The summed E-state index contributed by atoms with van der Waals surface area (Å²) in [5.74, 6) is 2.00. The van der Waals surface area contributed by atoms with Crippen LogP contribution >= 0.6 is 0 Å². The molecular weight excluding hydrogens is 340 g/mol. The van der Waals surface area contributed by atoms with Crippen LogP contribution in [0.4, 0.5) is 0 Å². The fraction of sp³-hybridized carbons (Fsp3) is 0.273. The number of carbonyl (C=O) groups excluding carboxylic acids is 1. The Kier molecular flexibility index (Phi) is 4.92. The average molecular weight is 362 g/mol. The van der Waals surface area contributed by atoms with E-state index in [1.165, 1.54) is 11.1 Å². The van der Waals surface area contributed by atoms with Crippen LogP contribution in [0.1, 0.15) is 29.5 Å². The number of hydrogen-bond acceptors (Lipinski definition) is 4. The molecule has 0 saturated heterocycles. The van der Waals surface area contributed by atoms with Crippen LogP contribution in [-0.4, -0.2) is 25.0 Å². The van der Waals surface area contributed by atoms with Crippen LogP contribution in [0.5, 0.6) is 11.5 Å². The fourth-order valence-electron chi connectivity index (χ4n) is 3.08. The van der Waals surface area contributed by atoms with E-state index >= 15 is 0 Å².